The quantitative estimate of drug-likeness (QED) is 0.777. The normalized spacial score (nSPS) is 23.1. The van der Waals surface area contributed by atoms with Gasteiger partial charge >= 0.3 is 0 Å². The maximum absolute atomic E-state index is 12.8. The van der Waals surface area contributed by atoms with Crippen molar-refractivity contribution in [3.05, 3.63) is 35.4 Å². The molecule has 108 valence electrons. The highest BCUT2D eigenvalue weighted by atomic mass is 16.2. The van der Waals surface area contributed by atoms with Crippen molar-refractivity contribution >= 4 is 5.91 Å². The van der Waals surface area contributed by atoms with Crippen molar-refractivity contribution in [1.29, 1.82) is 0 Å². The molecule has 1 saturated carbocycles. The lowest BCUT2D eigenvalue weighted by atomic mass is 9.92. The molecule has 1 heterocycles. The van der Waals surface area contributed by atoms with Gasteiger partial charge in [0.05, 0.1) is 6.04 Å². The molecule has 3 rings (SSSR count). The third-order valence-electron chi connectivity index (χ3n) is 4.92. The summed E-state index contributed by atoms with van der Waals surface area (Å²) < 4.78 is 0. The van der Waals surface area contributed by atoms with E-state index in [-0.39, 0.29) is 5.91 Å². The molecule has 0 spiro atoms. The molecule has 1 fully saturated rings. The van der Waals surface area contributed by atoms with Crippen molar-refractivity contribution in [3.8, 4) is 0 Å². The van der Waals surface area contributed by atoms with Gasteiger partial charge in [0.2, 0.25) is 0 Å². The average molecular weight is 271 g/mol. The Balaban J connectivity index is 1.89. The monoisotopic (exact) mass is 271 g/mol. The predicted octanol–water partition coefficient (Wildman–Crippen LogP) is 4.71. The first-order chi connectivity index (χ1) is 9.83. The number of unbranched alkanes of at least 4 members (excludes halogenated alkanes) is 1. The largest absolute Gasteiger partial charge is 0.329 e. The minimum atomic E-state index is 0.286. The van der Waals surface area contributed by atoms with Crippen LogP contribution in [0.25, 0.3) is 0 Å². The van der Waals surface area contributed by atoms with E-state index in [0.29, 0.717) is 12.1 Å². The minimum absolute atomic E-state index is 0.286. The van der Waals surface area contributed by atoms with Crippen molar-refractivity contribution in [2.24, 2.45) is 0 Å². The summed E-state index contributed by atoms with van der Waals surface area (Å²) in [6.45, 7) is 2.23. The summed E-state index contributed by atoms with van der Waals surface area (Å²) in [6.07, 6.45) is 9.82. The van der Waals surface area contributed by atoms with Crippen LogP contribution < -0.4 is 0 Å². The SMILES string of the molecule is CCCCC1c2ccccc2C(=O)N1C1CCCCC1. The van der Waals surface area contributed by atoms with Gasteiger partial charge in [-0.1, -0.05) is 57.2 Å². The summed E-state index contributed by atoms with van der Waals surface area (Å²) in [6, 6.07) is 9.07. The second kappa shape index (κ2) is 5.99. The van der Waals surface area contributed by atoms with Gasteiger partial charge in [-0.25, -0.2) is 0 Å². The van der Waals surface area contributed by atoms with Crippen LogP contribution in [0, 0.1) is 0 Å². The molecule has 20 heavy (non-hydrogen) atoms. The molecular weight excluding hydrogens is 246 g/mol. The van der Waals surface area contributed by atoms with Crippen LogP contribution in [-0.4, -0.2) is 16.8 Å². The maximum Gasteiger partial charge on any atom is 0.254 e. The van der Waals surface area contributed by atoms with Crippen molar-refractivity contribution in [2.45, 2.75) is 70.4 Å². The zero-order chi connectivity index (χ0) is 13.9. The molecule has 2 nitrogen and oxygen atoms in total. The highest BCUT2D eigenvalue weighted by Crippen LogP contribution is 2.41. The van der Waals surface area contributed by atoms with Crippen LogP contribution in [-0.2, 0) is 0 Å². The molecule has 0 N–H and O–H groups in total. The maximum atomic E-state index is 12.8. The van der Waals surface area contributed by atoms with E-state index in [2.05, 4.69) is 24.0 Å². The smallest absolute Gasteiger partial charge is 0.254 e. The van der Waals surface area contributed by atoms with Gasteiger partial charge in [-0.2, -0.15) is 0 Å². The van der Waals surface area contributed by atoms with Gasteiger partial charge in [0.25, 0.3) is 5.91 Å². The van der Waals surface area contributed by atoms with Gasteiger partial charge in [-0.15, -0.1) is 0 Å². The summed E-state index contributed by atoms with van der Waals surface area (Å²) in [7, 11) is 0. The molecule has 1 unspecified atom stereocenters. The molecular formula is C18H25NO. The number of benzene rings is 1. The molecule has 1 aliphatic carbocycles. The molecule has 1 amide bonds. The molecule has 0 bridgehead atoms. The fourth-order valence-corrected chi connectivity index (χ4v) is 3.88. The zero-order valence-electron chi connectivity index (χ0n) is 12.5. The van der Waals surface area contributed by atoms with E-state index in [0.717, 1.165) is 12.0 Å². The third kappa shape index (κ3) is 2.36. The van der Waals surface area contributed by atoms with Gasteiger partial charge in [0.1, 0.15) is 0 Å². The Morgan fingerprint density at radius 2 is 1.90 bits per heavy atom. The Kier molecular flexibility index (Phi) is 4.09. The molecule has 0 radical (unpaired) electrons. The van der Waals surface area contributed by atoms with E-state index in [4.69, 9.17) is 0 Å². The molecule has 1 atom stereocenters. The topological polar surface area (TPSA) is 20.3 Å². The van der Waals surface area contributed by atoms with Gasteiger partial charge < -0.3 is 4.90 Å². The van der Waals surface area contributed by atoms with Crippen molar-refractivity contribution in [3.63, 3.8) is 0 Å². The Morgan fingerprint density at radius 1 is 1.15 bits per heavy atom. The molecule has 1 aromatic rings. The van der Waals surface area contributed by atoms with Crippen LogP contribution in [0.1, 0.15) is 80.3 Å². The summed E-state index contributed by atoms with van der Waals surface area (Å²) in [4.78, 5) is 15.0. The van der Waals surface area contributed by atoms with Crippen molar-refractivity contribution < 1.29 is 4.79 Å². The first-order valence-corrected chi connectivity index (χ1v) is 8.24. The number of nitrogens with zero attached hydrogens (tertiary/aromatic N) is 1. The molecule has 0 aromatic heterocycles. The third-order valence-corrected chi connectivity index (χ3v) is 4.92. The van der Waals surface area contributed by atoms with E-state index in [1.807, 2.05) is 12.1 Å². The second-order valence-corrected chi connectivity index (χ2v) is 6.25. The number of carbonyl (C=O) groups is 1. The summed E-state index contributed by atoms with van der Waals surface area (Å²) in [5, 5.41) is 0. The zero-order valence-corrected chi connectivity index (χ0v) is 12.5. The van der Waals surface area contributed by atoms with Crippen LogP contribution in [0.2, 0.25) is 0 Å². The van der Waals surface area contributed by atoms with Crippen LogP contribution in [0.5, 0.6) is 0 Å². The molecule has 1 aromatic carbocycles. The van der Waals surface area contributed by atoms with Crippen LogP contribution >= 0.6 is 0 Å². The van der Waals surface area contributed by atoms with E-state index in [9.17, 15) is 4.79 Å². The molecule has 2 aliphatic rings. The van der Waals surface area contributed by atoms with Crippen LogP contribution in [0.15, 0.2) is 24.3 Å². The lowest BCUT2D eigenvalue weighted by Gasteiger charge is -2.36. The fraction of sp³-hybridized carbons (Fsp3) is 0.611. The van der Waals surface area contributed by atoms with Crippen LogP contribution in [0.4, 0.5) is 0 Å². The lowest BCUT2D eigenvalue weighted by Crippen LogP contribution is -2.39. The van der Waals surface area contributed by atoms with E-state index in [1.165, 1.54) is 50.5 Å². The summed E-state index contributed by atoms with van der Waals surface area (Å²) >= 11 is 0. The number of hydrogen-bond donors (Lipinski definition) is 0. The minimum Gasteiger partial charge on any atom is -0.329 e. The highest BCUT2D eigenvalue weighted by Gasteiger charge is 2.39. The molecule has 0 saturated heterocycles. The van der Waals surface area contributed by atoms with Crippen LogP contribution in [0.3, 0.4) is 0 Å². The fourth-order valence-electron chi connectivity index (χ4n) is 3.88. The second-order valence-electron chi connectivity index (χ2n) is 6.25. The van der Waals surface area contributed by atoms with E-state index in [1.54, 1.807) is 0 Å². The Bertz CT molecular complexity index is 476. The highest BCUT2D eigenvalue weighted by molar-refractivity contribution is 5.99. The number of fused-ring (bicyclic) bond motifs is 1. The summed E-state index contributed by atoms with van der Waals surface area (Å²) in [5.41, 5.74) is 2.23. The van der Waals surface area contributed by atoms with Gasteiger partial charge in [0.15, 0.2) is 0 Å². The number of hydrogen-bond acceptors (Lipinski definition) is 1. The lowest BCUT2D eigenvalue weighted by molar-refractivity contribution is 0.0556. The average Bonchev–Trinajstić information content (AvgIpc) is 2.79. The molecule has 2 heteroatoms. The number of rotatable bonds is 4. The summed E-state index contributed by atoms with van der Waals surface area (Å²) in [5.74, 6) is 0.286. The van der Waals surface area contributed by atoms with E-state index >= 15 is 0 Å². The number of carbonyl (C=O) groups excluding carboxylic acids is 1. The Hall–Kier alpha value is -1.31. The first kappa shape index (κ1) is 13.7. The standard InChI is InChI=1S/C18H25NO/c1-2-3-13-17-15-11-7-8-12-16(15)18(20)19(17)14-9-5-4-6-10-14/h7-8,11-12,14,17H,2-6,9-10,13H2,1H3. The van der Waals surface area contributed by atoms with Crippen molar-refractivity contribution in [2.75, 3.05) is 0 Å². The van der Waals surface area contributed by atoms with Gasteiger partial charge in [-0.05, 0) is 30.9 Å². The Morgan fingerprint density at radius 3 is 2.65 bits per heavy atom. The Labute approximate surface area is 122 Å². The van der Waals surface area contributed by atoms with Crippen molar-refractivity contribution in [1.82, 2.24) is 4.90 Å². The number of amides is 1. The predicted molar refractivity (Wildman–Crippen MR) is 81.8 cm³/mol. The van der Waals surface area contributed by atoms with Gasteiger partial charge in [0, 0.05) is 11.6 Å². The first-order valence-electron chi connectivity index (χ1n) is 8.24. The van der Waals surface area contributed by atoms with Gasteiger partial charge in [-0.3, -0.25) is 4.79 Å². The molecule has 1 aliphatic heterocycles. The van der Waals surface area contributed by atoms with E-state index < -0.39 is 0 Å².